The highest BCUT2D eigenvalue weighted by Crippen LogP contribution is 2.11. The highest BCUT2D eigenvalue weighted by molar-refractivity contribution is 5.81. The molecule has 1 saturated heterocycles. The van der Waals surface area contributed by atoms with Crippen LogP contribution < -0.4 is 0 Å². The zero-order chi connectivity index (χ0) is 16.1. The Morgan fingerprint density at radius 2 is 1.77 bits per heavy atom. The quantitative estimate of drug-likeness (QED) is 0.832. The van der Waals surface area contributed by atoms with E-state index >= 15 is 0 Å². The molecule has 1 atom stereocenters. The zero-order valence-electron chi connectivity index (χ0n) is 14.4. The van der Waals surface area contributed by atoms with E-state index in [0.29, 0.717) is 0 Å². The summed E-state index contributed by atoms with van der Waals surface area (Å²) in [5, 5.41) is 0. The summed E-state index contributed by atoms with van der Waals surface area (Å²) in [5.41, 5.74) is 2.52. The van der Waals surface area contributed by atoms with E-state index < -0.39 is 0 Å². The number of nitrogens with zero attached hydrogens (tertiary/aromatic N) is 3. The molecule has 0 bridgehead atoms. The van der Waals surface area contributed by atoms with Gasteiger partial charge in [-0.2, -0.15) is 0 Å². The lowest BCUT2D eigenvalue weighted by Crippen LogP contribution is -2.53. The van der Waals surface area contributed by atoms with Crippen LogP contribution in [0, 0.1) is 6.92 Å². The molecule has 1 aliphatic heterocycles. The van der Waals surface area contributed by atoms with Gasteiger partial charge < -0.3 is 9.80 Å². The van der Waals surface area contributed by atoms with Gasteiger partial charge in [0.2, 0.25) is 5.91 Å². The maximum Gasteiger partial charge on any atom is 0.239 e. The van der Waals surface area contributed by atoms with Gasteiger partial charge in [0.1, 0.15) is 0 Å². The van der Waals surface area contributed by atoms with Gasteiger partial charge in [-0.1, -0.05) is 36.8 Å². The largest absolute Gasteiger partial charge is 0.339 e. The molecule has 0 saturated carbocycles. The predicted octanol–water partition coefficient (Wildman–Crippen LogP) is 1.98. The number of benzene rings is 1. The van der Waals surface area contributed by atoms with Crippen LogP contribution in [0.15, 0.2) is 24.3 Å². The van der Waals surface area contributed by atoms with Gasteiger partial charge in [0.15, 0.2) is 0 Å². The van der Waals surface area contributed by atoms with Crippen LogP contribution >= 0.6 is 0 Å². The van der Waals surface area contributed by atoms with Crippen molar-refractivity contribution in [2.24, 2.45) is 0 Å². The van der Waals surface area contributed by atoms with Crippen molar-refractivity contribution in [3.63, 3.8) is 0 Å². The first-order chi connectivity index (χ1) is 10.5. The molecule has 1 fully saturated rings. The minimum atomic E-state index is -0.0746. The average Bonchev–Trinajstić information content (AvgIpc) is 2.55. The lowest BCUT2D eigenvalue weighted by atomic mass is 10.1. The molecule has 1 amide bonds. The second-order valence-electron chi connectivity index (χ2n) is 6.34. The van der Waals surface area contributed by atoms with Gasteiger partial charge in [0, 0.05) is 32.7 Å². The number of carbonyl (C=O) groups excluding carboxylic acids is 1. The molecule has 0 spiro atoms. The Morgan fingerprint density at radius 3 is 2.32 bits per heavy atom. The number of likely N-dealkylation sites (N-methyl/N-ethyl adjacent to an activating group) is 2. The number of amides is 1. The second-order valence-corrected chi connectivity index (χ2v) is 6.34. The Balaban J connectivity index is 1.88. The van der Waals surface area contributed by atoms with E-state index in [-0.39, 0.29) is 11.9 Å². The number of rotatable bonds is 5. The molecule has 1 heterocycles. The Bertz CT molecular complexity index is 478. The highest BCUT2D eigenvalue weighted by atomic mass is 16.2. The first kappa shape index (κ1) is 17.0. The first-order valence-electron chi connectivity index (χ1n) is 8.28. The first-order valence-corrected chi connectivity index (χ1v) is 8.28. The van der Waals surface area contributed by atoms with E-state index in [4.69, 9.17) is 0 Å². The minimum absolute atomic E-state index is 0.0746. The number of piperazine rings is 1. The molecule has 122 valence electrons. The topological polar surface area (TPSA) is 26.8 Å². The number of carbonyl (C=O) groups is 1. The van der Waals surface area contributed by atoms with Crippen LogP contribution in [0.1, 0.15) is 25.0 Å². The number of hydrogen-bond donors (Lipinski definition) is 0. The highest BCUT2D eigenvalue weighted by Gasteiger charge is 2.26. The predicted molar refractivity (Wildman–Crippen MR) is 90.8 cm³/mol. The molecule has 22 heavy (non-hydrogen) atoms. The smallest absolute Gasteiger partial charge is 0.239 e. The Hall–Kier alpha value is -1.39. The Kier molecular flexibility index (Phi) is 5.98. The third-order valence-corrected chi connectivity index (χ3v) is 4.70. The summed E-state index contributed by atoms with van der Waals surface area (Å²) in [6, 6.07) is 8.46. The molecule has 2 rings (SSSR count). The third kappa shape index (κ3) is 4.31. The van der Waals surface area contributed by atoms with Crippen molar-refractivity contribution in [2.75, 3.05) is 39.8 Å². The number of aryl methyl sites for hydroxylation is 1. The van der Waals surface area contributed by atoms with Gasteiger partial charge in [-0.05, 0) is 33.0 Å². The maximum atomic E-state index is 12.6. The van der Waals surface area contributed by atoms with E-state index in [1.807, 2.05) is 18.9 Å². The minimum Gasteiger partial charge on any atom is -0.339 e. The van der Waals surface area contributed by atoms with E-state index in [9.17, 15) is 4.79 Å². The van der Waals surface area contributed by atoms with Gasteiger partial charge in [0.05, 0.1) is 6.04 Å². The summed E-state index contributed by atoms with van der Waals surface area (Å²) in [5.74, 6) is 0.255. The molecule has 0 aliphatic carbocycles. The summed E-state index contributed by atoms with van der Waals surface area (Å²) in [7, 11) is 2.03. The molecule has 1 unspecified atom stereocenters. The molecule has 4 heteroatoms. The van der Waals surface area contributed by atoms with Gasteiger partial charge >= 0.3 is 0 Å². The summed E-state index contributed by atoms with van der Waals surface area (Å²) < 4.78 is 0. The van der Waals surface area contributed by atoms with Crippen molar-refractivity contribution >= 4 is 5.91 Å². The van der Waals surface area contributed by atoms with Crippen molar-refractivity contribution in [3.05, 3.63) is 35.4 Å². The van der Waals surface area contributed by atoms with Crippen LogP contribution in [0.2, 0.25) is 0 Å². The third-order valence-electron chi connectivity index (χ3n) is 4.70. The van der Waals surface area contributed by atoms with Gasteiger partial charge in [-0.3, -0.25) is 9.69 Å². The molecule has 0 N–H and O–H groups in total. The van der Waals surface area contributed by atoms with Crippen LogP contribution in [0.5, 0.6) is 0 Å². The van der Waals surface area contributed by atoms with E-state index in [0.717, 1.165) is 39.3 Å². The van der Waals surface area contributed by atoms with Crippen molar-refractivity contribution in [1.82, 2.24) is 14.7 Å². The average molecular weight is 303 g/mol. The van der Waals surface area contributed by atoms with Crippen LogP contribution in [0.4, 0.5) is 0 Å². The van der Waals surface area contributed by atoms with Crippen molar-refractivity contribution in [1.29, 1.82) is 0 Å². The summed E-state index contributed by atoms with van der Waals surface area (Å²) in [4.78, 5) is 19.2. The summed E-state index contributed by atoms with van der Waals surface area (Å²) >= 11 is 0. The van der Waals surface area contributed by atoms with Crippen LogP contribution in [0.3, 0.4) is 0 Å². The molecule has 1 aromatic carbocycles. The number of hydrogen-bond acceptors (Lipinski definition) is 3. The van der Waals surface area contributed by atoms with Crippen LogP contribution in [-0.2, 0) is 11.3 Å². The standard InChI is InChI=1S/C18H29N3O/c1-5-20-10-12-21(13-11-20)18(22)16(3)19(4)14-17-8-6-15(2)7-9-17/h6-9,16H,5,10-14H2,1-4H3. The normalized spacial score (nSPS) is 17.8. The molecule has 1 aliphatic rings. The molecular weight excluding hydrogens is 274 g/mol. The van der Waals surface area contributed by atoms with Gasteiger partial charge in [0.25, 0.3) is 0 Å². The lowest BCUT2D eigenvalue weighted by Gasteiger charge is -2.37. The van der Waals surface area contributed by atoms with Crippen molar-refractivity contribution < 1.29 is 4.79 Å². The Morgan fingerprint density at radius 1 is 1.18 bits per heavy atom. The molecule has 0 radical (unpaired) electrons. The van der Waals surface area contributed by atoms with E-state index in [2.05, 4.69) is 47.9 Å². The molecule has 4 nitrogen and oxygen atoms in total. The van der Waals surface area contributed by atoms with Gasteiger partial charge in [-0.25, -0.2) is 0 Å². The van der Waals surface area contributed by atoms with Crippen LogP contribution in [-0.4, -0.2) is 66.4 Å². The second kappa shape index (κ2) is 7.75. The molecular formula is C18H29N3O. The Labute approximate surface area is 134 Å². The fourth-order valence-electron chi connectivity index (χ4n) is 2.86. The zero-order valence-corrected chi connectivity index (χ0v) is 14.4. The monoisotopic (exact) mass is 303 g/mol. The fraction of sp³-hybridized carbons (Fsp3) is 0.611. The van der Waals surface area contributed by atoms with Crippen molar-refractivity contribution in [3.8, 4) is 0 Å². The maximum absolute atomic E-state index is 12.6. The van der Waals surface area contributed by atoms with E-state index in [1.54, 1.807) is 0 Å². The van der Waals surface area contributed by atoms with Gasteiger partial charge in [-0.15, -0.1) is 0 Å². The molecule has 1 aromatic rings. The summed E-state index contributed by atoms with van der Waals surface area (Å²) in [6.07, 6.45) is 0. The molecule has 0 aromatic heterocycles. The summed E-state index contributed by atoms with van der Waals surface area (Å²) in [6.45, 7) is 11.9. The lowest BCUT2D eigenvalue weighted by molar-refractivity contribution is -0.137. The van der Waals surface area contributed by atoms with Crippen molar-refractivity contribution in [2.45, 2.75) is 33.4 Å². The van der Waals surface area contributed by atoms with E-state index in [1.165, 1.54) is 11.1 Å². The fourth-order valence-corrected chi connectivity index (χ4v) is 2.86. The SMILES string of the molecule is CCN1CCN(C(=O)C(C)N(C)Cc2ccc(C)cc2)CC1. The van der Waals surface area contributed by atoms with Crippen LogP contribution in [0.25, 0.3) is 0 Å².